The molecule has 11 heteroatoms. The molecule has 1 saturated heterocycles. The van der Waals surface area contributed by atoms with Crippen LogP contribution in [-0.4, -0.2) is 87.2 Å². The molecule has 0 saturated carbocycles. The number of carboxylic acids is 1. The quantitative estimate of drug-likeness (QED) is 0.318. The number of nitrogens with zero attached hydrogens (tertiary/aromatic N) is 1. The SMILES string of the molecule is CN1CC[C@]23c4c5ccc(O)c4O[C@H]2C(OC(=O)CCNC(=O)CC(O)C(=O)O)=CC[C@@]3(O)[C@H]1C5. The lowest BCUT2D eigenvalue weighted by Crippen LogP contribution is -2.74. The number of likely N-dealkylation sites (N-methyl/N-ethyl adjacent to an activating group) is 1. The molecule has 1 fully saturated rings. The van der Waals surface area contributed by atoms with Crippen LogP contribution in [0.1, 0.15) is 36.8 Å². The number of aliphatic carboxylic acids is 1. The minimum atomic E-state index is -1.82. The number of hydrogen-bond donors (Lipinski definition) is 5. The maximum absolute atomic E-state index is 12.6. The van der Waals surface area contributed by atoms with Crippen molar-refractivity contribution in [3.05, 3.63) is 35.1 Å². The number of carbonyl (C=O) groups is 3. The van der Waals surface area contributed by atoms with Gasteiger partial charge in [0.05, 0.1) is 23.9 Å². The number of benzene rings is 1. The van der Waals surface area contributed by atoms with Gasteiger partial charge in [-0.15, -0.1) is 0 Å². The number of carbonyl (C=O) groups excluding carboxylic acids is 2. The van der Waals surface area contributed by atoms with Gasteiger partial charge < -0.3 is 40.1 Å². The summed E-state index contributed by atoms with van der Waals surface area (Å²) >= 11 is 0. The van der Waals surface area contributed by atoms with E-state index in [0.717, 1.165) is 11.1 Å². The van der Waals surface area contributed by atoms with E-state index in [2.05, 4.69) is 10.2 Å². The van der Waals surface area contributed by atoms with Crippen molar-refractivity contribution < 1.29 is 44.3 Å². The fourth-order valence-corrected chi connectivity index (χ4v) is 6.26. The molecule has 35 heavy (non-hydrogen) atoms. The number of aliphatic hydroxyl groups is 2. The van der Waals surface area contributed by atoms with Crippen molar-refractivity contribution in [3.63, 3.8) is 0 Å². The number of aliphatic hydroxyl groups excluding tert-OH is 1. The number of phenols is 1. The Morgan fingerprint density at radius 2 is 2.11 bits per heavy atom. The van der Waals surface area contributed by atoms with Gasteiger partial charge in [-0.2, -0.15) is 0 Å². The number of carboxylic acid groups (broad SMARTS) is 1. The number of likely N-dealkylation sites (tertiary alicyclic amines) is 1. The second-order valence-electron chi connectivity index (χ2n) is 9.73. The summed E-state index contributed by atoms with van der Waals surface area (Å²) in [4.78, 5) is 37.1. The number of nitrogens with one attached hydrogen (secondary N) is 1. The zero-order valence-electron chi connectivity index (χ0n) is 19.2. The maximum atomic E-state index is 12.6. The van der Waals surface area contributed by atoms with Crippen LogP contribution in [0.4, 0.5) is 0 Å². The van der Waals surface area contributed by atoms with Crippen LogP contribution in [0.5, 0.6) is 11.5 Å². The highest BCUT2D eigenvalue weighted by Crippen LogP contribution is 2.65. The first-order valence-corrected chi connectivity index (χ1v) is 11.6. The monoisotopic (exact) mass is 488 g/mol. The Morgan fingerprint density at radius 1 is 1.34 bits per heavy atom. The zero-order chi connectivity index (χ0) is 25.1. The fraction of sp³-hybridized carbons (Fsp3) is 0.542. The van der Waals surface area contributed by atoms with Gasteiger partial charge in [0.25, 0.3) is 0 Å². The molecule has 2 aliphatic carbocycles. The Bertz CT molecular complexity index is 1130. The van der Waals surface area contributed by atoms with Crippen LogP contribution in [0, 0.1) is 0 Å². The number of amides is 1. The Hall–Kier alpha value is -3.15. The summed E-state index contributed by atoms with van der Waals surface area (Å²) in [5, 5.41) is 42.9. The van der Waals surface area contributed by atoms with Crippen LogP contribution in [0.3, 0.4) is 0 Å². The third-order valence-corrected chi connectivity index (χ3v) is 7.90. The molecule has 5 atom stereocenters. The molecule has 0 radical (unpaired) electrons. The summed E-state index contributed by atoms with van der Waals surface area (Å²) in [5.41, 5.74) is -0.233. The summed E-state index contributed by atoms with van der Waals surface area (Å²) in [6.45, 7) is 0.604. The molecule has 2 heterocycles. The van der Waals surface area contributed by atoms with Gasteiger partial charge in [0.1, 0.15) is 5.76 Å². The number of piperidine rings is 1. The van der Waals surface area contributed by atoms with Crippen molar-refractivity contribution >= 4 is 17.8 Å². The van der Waals surface area contributed by atoms with Gasteiger partial charge in [-0.05, 0) is 44.1 Å². The highest BCUT2D eigenvalue weighted by molar-refractivity contribution is 5.83. The Labute approximate surface area is 200 Å². The van der Waals surface area contributed by atoms with Crippen molar-refractivity contribution in [3.8, 4) is 11.5 Å². The molecule has 188 valence electrons. The average Bonchev–Trinajstić information content (AvgIpc) is 3.15. The van der Waals surface area contributed by atoms with E-state index < -0.39 is 47.5 Å². The van der Waals surface area contributed by atoms with Crippen LogP contribution in [0.25, 0.3) is 0 Å². The van der Waals surface area contributed by atoms with E-state index in [0.29, 0.717) is 25.1 Å². The number of rotatable bonds is 7. The minimum Gasteiger partial charge on any atom is -0.504 e. The fourth-order valence-electron chi connectivity index (χ4n) is 6.26. The number of hydrogen-bond acceptors (Lipinski definition) is 9. The molecule has 1 amide bonds. The van der Waals surface area contributed by atoms with Crippen LogP contribution >= 0.6 is 0 Å². The number of phenolic OH excluding ortho intramolecular Hbond substituents is 1. The third-order valence-electron chi connectivity index (χ3n) is 7.90. The van der Waals surface area contributed by atoms with E-state index in [-0.39, 0.29) is 36.9 Å². The van der Waals surface area contributed by atoms with E-state index in [1.807, 2.05) is 13.1 Å². The Kier molecular flexibility index (Phi) is 5.53. The smallest absolute Gasteiger partial charge is 0.333 e. The van der Waals surface area contributed by atoms with Gasteiger partial charge in [0, 0.05) is 24.6 Å². The third kappa shape index (κ3) is 3.40. The maximum Gasteiger partial charge on any atom is 0.333 e. The molecule has 11 nitrogen and oxygen atoms in total. The molecular weight excluding hydrogens is 460 g/mol. The average molecular weight is 488 g/mol. The molecule has 5 N–H and O–H groups in total. The minimum absolute atomic E-state index is 0.0239. The van der Waals surface area contributed by atoms with Crippen LogP contribution < -0.4 is 10.1 Å². The predicted molar refractivity (Wildman–Crippen MR) is 119 cm³/mol. The second kappa shape index (κ2) is 8.21. The zero-order valence-corrected chi connectivity index (χ0v) is 19.2. The molecule has 1 unspecified atom stereocenters. The van der Waals surface area contributed by atoms with Crippen molar-refractivity contribution in [1.29, 1.82) is 0 Å². The van der Waals surface area contributed by atoms with Gasteiger partial charge in [0.2, 0.25) is 5.91 Å². The van der Waals surface area contributed by atoms with E-state index in [9.17, 15) is 29.7 Å². The topological polar surface area (TPSA) is 166 Å². The molecule has 5 rings (SSSR count). The number of esters is 1. The van der Waals surface area contributed by atoms with E-state index >= 15 is 0 Å². The van der Waals surface area contributed by atoms with Crippen LogP contribution in [-0.2, 0) is 31.0 Å². The lowest BCUT2D eigenvalue weighted by molar-refractivity contribution is -0.169. The van der Waals surface area contributed by atoms with Crippen molar-refractivity contribution in [2.75, 3.05) is 20.1 Å². The van der Waals surface area contributed by atoms with Gasteiger partial charge in [-0.1, -0.05) is 6.07 Å². The molecule has 1 spiro atoms. The second-order valence-corrected chi connectivity index (χ2v) is 9.73. The summed E-state index contributed by atoms with van der Waals surface area (Å²) in [6.07, 6.45) is -0.315. The number of ether oxygens (including phenoxy) is 2. The normalized spacial score (nSPS) is 31.0. The lowest BCUT2D eigenvalue weighted by atomic mass is 9.50. The number of aromatic hydroxyl groups is 1. The summed E-state index contributed by atoms with van der Waals surface area (Å²) in [6, 6.07) is 3.29. The molecule has 2 bridgehead atoms. The van der Waals surface area contributed by atoms with Gasteiger partial charge in [-0.25, -0.2) is 4.79 Å². The largest absolute Gasteiger partial charge is 0.504 e. The summed E-state index contributed by atoms with van der Waals surface area (Å²) in [7, 11) is 1.98. The Morgan fingerprint density at radius 3 is 2.86 bits per heavy atom. The molecule has 2 aliphatic heterocycles. The van der Waals surface area contributed by atoms with Gasteiger partial charge in [-0.3, -0.25) is 9.59 Å². The van der Waals surface area contributed by atoms with Crippen molar-refractivity contribution in [2.45, 2.75) is 61.4 Å². The molecule has 1 aromatic rings. The van der Waals surface area contributed by atoms with Crippen molar-refractivity contribution in [2.24, 2.45) is 0 Å². The summed E-state index contributed by atoms with van der Waals surface area (Å²) < 4.78 is 11.8. The van der Waals surface area contributed by atoms with E-state index in [1.54, 1.807) is 12.1 Å². The molecule has 1 aromatic carbocycles. The summed E-state index contributed by atoms with van der Waals surface area (Å²) in [5.74, 6) is -2.29. The first kappa shape index (κ1) is 23.6. The molecule has 4 aliphatic rings. The van der Waals surface area contributed by atoms with E-state index in [1.165, 1.54) is 0 Å². The molecular formula is C24H28N2O9. The van der Waals surface area contributed by atoms with Crippen LogP contribution in [0.15, 0.2) is 24.0 Å². The van der Waals surface area contributed by atoms with Gasteiger partial charge in [0.15, 0.2) is 23.7 Å². The first-order valence-electron chi connectivity index (χ1n) is 11.6. The lowest BCUT2D eigenvalue weighted by Gasteiger charge is -2.61. The highest BCUT2D eigenvalue weighted by Gasteiger charge is 2.72. The Balaban J connectivity index is 1.34. The predicted octanol–water partition coefficient (Wildman–Crippen LogP) is -0.445. The standard InChI is InChI=1S/C24H28N2O9/c1-26-9-7-23-19-12-2-3-13(27)20(19)35-21(23)15(4-6-24(23,33)16(26)10-12)34-18(30)5-8-25-17(29)11-14(28)22(31)32/h2-4,14,16,21,27-28,33H,5-11H2,1H3,(H,25,29)(H,31,32)/t14?,16-,21+,23+,24-/m1/s1. The van der Waals surface area contributed by atoms with Crippen molar-refractivity contribution in [1.82, 2.24) is 10.2 Å². The van der Waals surface area contributed by atoms with Crippen LogP contribution in [0.2, 0.25) is 0 Å². The van der Waals surface area contributed by atoms with E-state index in [4.69, 9.17) is 14.6 Å². The molecule has 0 aromatic heterocycles. The van der Waals surface area contributed by atoms with Gasteiger partial charge >= 0.3 is 11.9 Å². The first-order chi connectivity index (χ1) is 16.6. The highest BCUT2D eigenvalue weighted by atomic mass is 16.6.